The molecule has 0 bridgehead atoms. The molecule has 0 radical (unpaired) electrons. The van der Waals surface area contributed by atoms with Crippen LogP contribution in [0.5, 0.6) is 0 Å². The minimum atomic E-state index is -0.662. The number of nitrogens with zero attached hydrogens (tertiary/aromatic N) is 1. The van der Waals surface area contributed by atoms with Crippen LogP contribution >= 0.6 is 15.9 Å². The highest BCUT2D eigenvalue weighted by molar-refractivity contribution is 9.10. The number of urea groups is 1. The van der Waals surface area contributed by atoms with Crippen LogP contribution < -0.4 is 21.3 Å². The van der Waals surface area contributed by atoms with E-state index in [-0.39, 0.29) is 12.3 Å². The number of para-hydroxylation sites is 2. The zero-order chi connectivity index (χ0) is 19.2. The molecule has 4 N–H and O–H groups in total. The monoisotopic (exact) mass is 430 g/mol. The van der Waals surface area contributed by atoms with Crippen molar-refractivity contribution < 1.29 is 9.59 Å². The van der Waals surface area contributed by atoms with Gasteiger partial charge >= 0.3 is 6.03 Å². The van der Waals surface area contributed by atoms with Gasteiger partial charge in [0, 0.05) is 17.6 Å². The molecule has 1 atom stereocenters. The molecule has 0 saturated carbocycles. The van der Waals surface area contributed by atoms with Gasteiger partial charge in [0.1, 0.15) is 0 Å². The van der Waals surface area contributed by atoms with E-state index < -0.39 is 12.1 Å². The molecule has 1 saturated heterocycles. The largest absolute Gasteiger partial charge is 0.370 e. The van der Waals surface area contributed by atoms with Gasteiger partial charge in [-0.1, -0.05) is 40.2 Å². The zero-order valence-corrected chi connectivity index (χ0v) is 16.5. The lowest BCUT2D eigenvalue weighted by molar-refractivity contribution is -0.116. The highest BCUT2D eigenvalue weighted by atomic mass is 79.9. The lowest BCUT2D eigenvalue weighted by atomic mass is 10.0. The number of nitrogens with two attached hydrogens (primary N) is 1. The average molecular weight is 431 g/mol. The van der Waals surface area contributed by atoms with Crippen molar-refractivity contribution in [2.24, 2.45) is 5.73 Å². The highest BCUT2D eigenvalue weighted by Crippen LogP contribution is 2.29. The second-order valence-electron chi connectivity index (χ2n) is 6.58. The van der Waals surface area contributed by atoms with Crippen molar-refractivity contribution in [3.63, 3.8) is 0 Å². The molecule has 1 fully saturated rings. The number of hydrogen-bond donors (Lipinski definition) is 3. The molecule has 7 heteroatoms. The van der Waals surface area contributed by atoms with Crippen LogP contribution in [-0.4, -0.2) is 25.0 Å². The van der Waals surface area contributed by atoms with Crippen LogP contribution in [0.15, 0.2) is 53.0 Å². The number of carbonyl (C=O) groups is 2. The Morgan fingerprint density at radius 1 is 1.11 bits per heavy atom. The molecular formula is C20H23BrN4O2. The molecule has 1 aliphatic rings. The molecule has 142 valence electrons. The van der Waals surface area contributed by atoms with Crippen LogP contribution in [0, 0.1) is 0 Å². The van der Waals surface area contributed by atoms with Gasteiger partial charge in [-0.25, -0.2) is 4.79 Å². The molecule has 1 aliphatic heterocycles. The van der Waals surface area contributed by atoms with Gasteiger partial charge < -0.3 is 21.3 Å². The van der Waals surface area contributed by atoms with E-state index in [1.165, 1.54) is 0 Å². The SMILES string of the molecule is NC(=O)N[C@H](CC(=O)Nc1ccccc1N1CCCC1)c1cccc(Br)c1. The molecule has 3 amide bonds. The first-order valence-electron chi connectivity index (χ1n) is 8.98. The van der Waals surface area contributed by atoms with Crippen molar-refractivity contribution in [2.45, 2.75) is 25.3 Å². The number of amides is 3. The Labute approximate surface area is 167 Å². The predicted octanol–water partition coefficient (Wildman–Crippen LogP) is 3.79. The number of halogens is 1. The Bertz CT molecular complexity index is 821. The van der Waals surface area contributed by atoms with Crippen LogP contribution in [0.1, 0.15) is 30.9 Å². The molecule has 0 unspecified atom stereocenters. The van der Waals surface area contributed by atoms with E-state index in [0.717, 1.165) is 47.3 Å². The standard InChI is InChI=1S/C20H23BrN4O2/c21-15-7-5-6-14(12-15)17(24-20(22)27)13-19(26)23-16-8-1-2-9-18(16)25-10-3-4-11-25/h1-2,5-9,12,17H,3-4,10-11,13H2,(H,23,26)(H3,22,24,27)/t17-/m1/s1. The maximum absolute atomic E-state index is 12.7. The van der Waals surface area contributed by atoms with E-state index in [1.807, 2.05) is 48.5 Å². The van der Waals surface area contributed by atoms with Gasteiger partial charge in [0.2, 0.25) is 5.91 Å². The third kappa shape index (κ3) is 5.23. The third-order valence-electron chi connectivity index (χ3n) is 4.58. The molecular weight excluding hydrogens is 408 g/mol. The number of nitrogens with one attached hydrogen (secondary N) is 2. The topological polar surface area (TPSA) is 87.5 Å². The Kier molecular flexibility index (Phi) is 6.34. The van der Waals surface area contributed by atoms with Crippen LogP contribution in [0.3, 0.4) is 0 Å². The van der Waals surface area contributed by atoms with E-state index in [2.05, 4.69) is 31.5 Å². The number of rotatable bonds is 6. The summed E-state index contributed by atoms with van der Waals surface area (Å²) in [6.07, 6.45) is 2.42. The Morgan fingerprint density at radius 3 is 2.56 bits per heavy atom. The summed E-state index contributed by atoms with van der Waals surface area (Å²) < 4.78 is 0.871. The van der Waals surface area contributed by atoms with Crippen LogP contribution in [0.25, 0.3) is 0 Å². The second-order valence-corrected chi connectivity index (χ2v) is 7.50. The molecule has 1 heterocycles. The summed E-state index contributed by atoms with van der Waals surface area (Å²) in [5.74, 6) is -0.180. The maximum atomic E-state index is 12.7. The van der Waals surface area contributed by atoms with Gasteiger partial charge in [-0.2, -0.15) is 0 Å². The van der Waals surface area contributed by atoms with Crippen molar-refractivity contribution >= 4 is 39.2 Å². The number of anilines is 2. The van der Waals surface area contributed by atoms with Crippen LogP contribution in [-0.2, 0) is 4.79 Å². The molecule has 6 nitrogen and oxygen atoms in total. The van der Waals surface area contributed by atoms with Gasteiger partial charge in [0.25, 0.3) is 0 Å². The fraction of sp³-hybridized carbons (Fsp3) is 0.300. The average Bonchev–Trinajstić information content (AvgIpc) is 3.15. The fourth-order valence-corrected chi connectivity index (χ4v) is 3.76. The van der Waals surface area contributed by atoms with Gasteiger partial charge in [0.05, 0.1) is 23.8 Å². The lowest BCUT2D eigenvalue weighted by Gasteiger charge is -2.22. The van der Waals surface area contributed by atoms with Gasteiger partial charge in [-0.05, 0) is 42.7 Å². The molecule has 0 aliphatic carbocycles. The summed E-state index contributed by atoms with van der Waals surface area (Å²) in [7, 11) is 0. The number of primary amides is 1. The minimum absolute atomic E-state index is 0.0910. The highest BCUT2D eigenvalue weighted by Gasteiger charge is 2.20. The van der Waals surface area contributed by atoms with Crippen molar-refractivity contribution in [3.05, 3.63) is 58.6 Å². The van der Waals surface area contributed by atoms with E-state index in [0.29, 0.717) is 0 Å². The predicted molar refractivity (Wildman–Crippen MR) is 111 cm³/mol. The summed E-state index contributed by atoms with van der Waals surface area (Å²) in [6.45, 7) is 1.99. The number of benzene rings is 2. The van der Waals surface area contributed by atoms with Crippen LogP contribution in [0.2, 0.25) is 0 Å². The molecule has 27 heavy (non-hydrogen) atoms. The minimum Gasteiger partial charge on any atom is -0.370 e. The normalized spacial score (nSPS) is 14.6. The quantitative estimate of drug-likeness (QED) is 0.651. The summed E-state index contributed by atoms with van der Waals surface area (Å²) in [5.41, 5.74) is 7.94. The first-order valence-corrected chi connectivity index (χ1v) is 9.77. The van der Waals surface area contributed by atoms with E-state index in [9.17, 15) is 9.59 Å². The van der Waals surface area contributed by atoms with E-state index >= 15 is 0 Å². The van der Waals surface area contributed by atoms with E-state index in [1.54, 1.807) is 0 Å². The van der Waals surface area contributed by atoms with Gasteiger partial charge in [-0.3, -0.25) is 4.79 Å². The third-order valence-corrected chi connectivity index (χ3v) is 5.08. The smallest absolute Gasteiger partial charge is 0.312 e. The number of carbonyl (C=O) groups excluding carboxylic acids is 2. The van der Waals surface area contributed by atoms with Gasteiger partial charge in [0.15, 0.2) is 0 Å². The molecule has 0 aromatic heterocycles. The lowest BCUT2D eigenvalue weighted by Crippen LogP contribution is -2.35. The summed E-state index contributed by atoms with van der Waals surface area (Å²) in [6, 6.07) is 14.1. The molecule has 2 aromatic rings. The van der Waals surface area contributed by atoms with E-state index in [4.69, 9.17) is 5.73 Å². The van der Waals surface area contributed by atoms with Crippen molar-refractivity contribution in [2.75, 3.05) is 23.3 Å². The Morgan fingerprint density at radius 2 is 1.85 bits per heavy atom. The zero-order valence-electron chi connectivity index (χ0n) is 15.0. The maximum Gasteiger partial charge on any atom is 0.312 e. The molecule has 2 aromatic carbocycles. The van der Waals surface area contributed by atoms with Gasteiger partial charge in [-0.15, -0.1) is 0 Å². The fourth-order valence-electron chi connectivity index (χ4n) is 3.35. The summed E-state index contributed by atoms with van der Waals surface area (Å²) in [5, 5.41) is 5.65. The molecule has 3 rings (SSSR count). The second kappa shape index (κ2) is 8.90. The summed E-state index contributed by atoms with van der Waals surface area (Å²) in [4.78, 5) is 26.4. The first-order chi connectivity index (χ1) is 13.0. The van der Waals surface area contributed by atoms with Crippen molar-refractivity contribution in [3.8, 4) is 0 Å². The Balaban J connectivity index is 1.74. The van der Waals surface area contributed by atoms with Crippen molar-refractivity contribution in [1.82, 2.24) is 5.32 Å². The molecule has 0 spiro atoms. The van der Waals surface area contributed by atoms with Crippen molar-refractivity contribution in [1.29, 1.82) is 0 Å². The first kappa shape index (κ1) is 19.2. The summed E-state index contributed by atoms with van der Waals surface area (Å²) >= 11 is 3.41. The number of hydrogen-bond acceptors (Lipinski definition) is 3. The Hall–Kier alpha value is -2.54. The van der Waals surface area contributed by atoms with Crippen LogP contribution in [0.4, 0.5) is 16.2 Å².